The number of nitrogens with one attached hydrogen (secondary N) is 3. The first-order chi connectivity index (χ1) is 9.72. The lowest BCUT2D eigenvalue weighted by Crippen LogP contribution is -2.22. The number of imidazole rings is 1. The molecule has 0 atom stereocenters. The smallest absolute Gasteiger partial charge is 0.323 e. The van der Waals surface area contributed by atoms with E-state index >= 15 is 0 Å². The van der Waals surface area contributed by atoms with Crippen LogP contribution in [0.15, 0.2) is 53.3 Å². The lowest BCUT2D eigenvalue weighted by atomic mass is 10.1. The van der Waals surface area contributed by atoms with Gasteiger partial charge in [0.2, 0.25) is 0 Å². The Balaban J connectivity index is 1.76. The molecular weight excluding hydrogens is 254 g/mol. The molecule has 0 aliphatic heterocycles. The highest BCUT2D eigenvalue weighted by Gasteiger charge is 2.07. The van der Waals surface area contributed by atoms with E-state index in [4.69, 9.17) is 0 Å². The maximum atomic E-state index is 12.1. The highest BCUT2D eigenvalue weighted by molar-refractivity contribution is 5.97. The van der Waals surface area contributed by atoms with Gasteiger partial charge in [0.1, 0.15) is 0 Å². The molecule has 3 aromatic rings. The zero-order chi connectivity index (χ0) is 13.9. The first-order valence-corrected chi connectivity index (χ1v) is 6.26. The Morgan fingerprint density at radius 2 is 1.75 bits per heavy atom. The summed E-state index contributed by atoms with van der Waals surface area (Å²) in [6.07, 6.45) is 0. The van der Waals surface area contributed by atoms with Crippen LogP contribution in [-0.4, -0.2) is 15.9 Å². The Kier molecular flexibility index (Phi) is 3.09. The molecule has 0 aliphatic rings. The third-order valence-corrected chi connectivity index (χ3v) is 3.07. The summed E-state index contributed by atoms with van der Waals surface area (Å²) in [6.45, 7) is 0.474. The fourth-order valence-corrected chi connectivity index (χ4v) is 2.05. The predicted molar refractivity (Wildman–Crippen MR) is 76.5 cm³/mol. The molecular formula is C15H13N3O2. The van der Waals surface area contributed by atoms with Crippen molar-refractivity contribution < 1.29 is 4.79 Å². The van der Waals surface area contributed by atoms with Crippen molar-refractivity contribution in [2.24, 2.45) is 0 Å². The Labute approximate surface area is 114 Å². The van der Waals surface area contributed by atoms with E-state index in [1.165, 1.54) is 0 Å². The summed E-state index contributed by atoms with van der Waals surface area (Å²) in [5.41, 5.74) is 2.60. The summed E-state index contributed by atoms with van der Waals surface area (Å²) >= 11 is 0. The summed E-state index contributed by atoms with van der Waals surface area (Å²) in [5, 5.41) is 2.85. The normalized spacial score (nSPS) is 10.6. The van der Waals surface area contributed by atoms with Gasteiger partial charge in [-0.25, -0.2) is 4.79 Å². The van der Waals surface area contributed by atoms with Gasteiger partial charge in [0.05, 0.1) is 11.0 Å². The maximum absolute atomic E-state index is 12.1. The van der Waals surface area contributed by atoms with Crippen molar-refractivity contribution in [1.82, 2.24) is 15.3 Å². The fraction of sp³-hybridized carbons (Fsp3) is 0.0667. The third kappa shape index (κ3) is 2.47. The van der Waals surface area contributed by atoms with Gasteiger partial charge in [0.25, 0.3) is 5.91 Å². The monoisotopic (exact) mass is 267 g/mol. The second-order valence-corrected chi connectivity index (χ2v) is 4.51. The number of amides is 1. The molecule has 1 amide bonds. The summed E-state index contributed by atoms with van der Waals surface area (Å²) in [7, 11) is 0. The molecule has 1 aromatic heterocycles. The molecule has 20 heavy (non-hydrogen) atoms. The third-order valence-electron chi connectivity index (χ3n) is 3.07. The molecule has 0 radical (unpaired) electrons. The van der Waals surface area contributed by atoms with Crippen molar-refractivity contribution in [2.75, 3.05) is 0 Å². The number of aromatic amines is 2. The predicted octanol–water partition coefficient (Wildman–Crippen LogP) is 1.79. The number of carbonyl (C=O) groups excluding carboxylic acids is 1. The maximum Gasteiger partial charge on any atom is 0.323 e. The van der Waals surface area contributed by atoms with Crippen LogP contribution in [0.2, 0.25) is 0 Å². The van der Waals surface area contributed by atoms with E-state index in [0.29, 0.717) is 23.1 Å². The van der Waals surface area contributed by atoms with Gasteiger partial charge in [-0.05, 0) is 23.8 Å². The second kappa shape index (κ2) is 5.05. The highest BCUT2D eigenvalue weighted by atomic mass is 16.2. The van der Waals surface area contributed by atoms with Crippen LogP contribution in [0.4, 0.5) is 0 Å². The molecule has 0 bridgehead atoms. The fourth-order valence-electron chi connectivity index (χ4n) is 2.05. The molecule has 0 saturated carbocycles. The van der Waals surface area contributed by atoms with Gasteiger partial charge < -0.3 is 15.3 Å². The van der Waals surface area contributed by atoms with E-state index in [1.807, 2.05) is 30.3 Å². The van der Waals surface area contributed by atoms with Crippen molar-refractivity contribution in [2.45, 2.75) is 6.54 Å². The van der Waals surface area contributed by atoms with Gasteiger partial charge in [-0.2, -0.15) is 0 Å². The van der Waals surface area contributed by atoms with E-state index < -0.39 is 0 Å². The molecule has 0 unspecified atom stereocenters. The quantitative estimate of drug-likeness (QED) is 0.676. The van der Waals surface area contributed by atoms with E-state index in [9.17, 15) is 9.59 Å². The lowest BCUT2D eigenvalue weighted by molar-refractivity contribution is 0.0951. The molecule has 0 aliphatic carbocycles. The largest absolute Gasteiger partial charge is 0.348 e. The molecule has 2 aromatic carbocycles. The van der Waals surface area contributed by atoms with Crippen molar-refractivity contribution in [3.05, 3.63) is 70.1 Å². The number of benzene rings is 2. The zero-order valence-corrected chi connectivity index (χ0v) is 10.6. The molecule has 5 heteroatoms. The van der Waals surface area contributed by atoms with Gasteiger partial charge in [-0.15, -0.1) is 0 Å². The van der Waals surface area contributed by atoms with Crippen molar-refractivity contribution in [1.29, 1.82) is 0 Å². The molecule has 100 valence electrons. The molecule has 3 N–H and O–H groups in total. The molecule has 0 saturated heterocycles. The molecule has 5 nitrogen and oxygen atoms in total. The molecule has 3 rings (SSSR count). The van der Waals surface area contributed by atoms with Gasteiger partial charge in [0.15, 0.2) is 0 Å². The average molecular weight is 267 g/mol. The second-order valence-electron chi connectivity index (χ2n) is 4.51. The van der Waals surface area contributed by atoms with Crippen LogP contribution in [0.1, 0.15) is 15.9 Å². The van der Waals surface area contributed by atoms with Crippen LogP contribution in [0.25, 0.3) is 11.0 Å². The molecule has 1 heterocycles. The van der Waals surface area contributed by atoms with E-state index in [0.717, 1.165) is 5.56 Å². The van der Waals surface area contributed by atoms with E-state index in [1.54, 1.807) is 18.2 Å². The van der Waals surface area contributed by atoms with Crippen molar-refractivity contribution in [3.8, 4) is 0 Å². The first kappa shape index (κ1) is 12.2. The van der Waals surface area contributed by atoms with Crippen LogP contribution >= 0.6 is 0 Å². The standard InChI is InChI=1S/C15H13N3O2/c19-14(16-9-10-4-2-1-3-5-10)11-6-7-12-13(8-11)18-15(20)17-12/h1-8H,9H2,(H,16,19)(H2,17,18,20). The molecule has 0 fully saturated rings. The minimum atomic E-state index is -0.276. The number of H-pyrrole nitrogens is 2. The van der Waals surface area contributed by atoms with Gasteiger partial charge >= 0.3 is 5.69 Å². The summed E-state index contributed by atoms with van der Waals surface area (Å²) in [4.78, 5) is 28.5. The summed E-state index contributed by atoms with van der Waals surface area (Å²) in [5.74, 6) is -0.169. The number of hydrogen-bond acceptors (Lipinski definition) is 2. The Bertz CT molecular complexity index is 803. The van der Waals surface area contributed by atoms with Crippen LogP contribution in [0.3, 0.4) is 0 Å². The summed E-state index contributed by atoms with van der Waals surface area (Å²) < 4.78 is 0. The molecule has 0 spiro atoms. The number of aromatic nitrogens is 2. The number of hydrogen-bond donors (Lipinski definition) is 3. The zero-order valence-electron chi connectivity index (χ0n) is 10.6. The topological polar surface area (TPSA) is 77.8 Å². The van der Waals surface area contributed by atoms with Crippen LogP contribution < -0.4 is 11.0 Å². The SMILES string of the molecule is O=C(NCc1ccccc1)c1ccc2[nH]c(=O)[nH]c2c1. The highest BCUT2D eigenvalue weighted by Crippen LogP contribution is 2.10. The van der Waals surface area contributed by atoms with Crippen LogP contribution in [0.5, 0.6) is 0 Å². The van der Waals surface area contributed by atoms with Crippen LogP contribution in [-0.2, 0) is 6.54 Å². The first-order valence-electron chi connectivity index (χ1n) is 6.26. The van der Waals surface area contributed by atoms with E-state index in [2.05, 4.69) is 15.3 Å². The van der Waals surface area contributed by atoms with Gasteiger partial charge in [0, 0.05) is 12.1 Å². The van der Waals surface area contributed by atoms with E-state index in [-0.39, 0.29) is 11.6 Å². The van der Waals surface area contributed by atoms with Gasteiger partial charge in [-0.1, -0.05) is 30.3 Å². The Hall–Kier alpha value is -2.82. The minimum absolute atomic E-state index is 0.169. The minimum Gasteiger partial charge on any atom is -0.348 e. The van der Waals surface area contributed by atoms with Crippen molar-refractivity contribution >= 4 is 16.9 Å². The number of fused-ring (bicyclic) bond motifs is 1. The average Bonchev–Trinajstić information content (AvgIpc) is 2.85. The Morgan fingerprint density at radius 1 is 1.00 bits per heavy atom. The lowest BCUT2D eigenvalue weighted by Gasteiger charge is -2.05. The van der Waals surface area contributed by atoms with Crippen molar-refractivity contribution in [3.63, 3.8) is 0 Å². The van der Waals surface area contributed by atoms with Gasteiger partial charge in [-0.3, -0.25) is 4.79 Å². The Morgan fingerprint density at radius 3 is 2.55 bits per heavy atom. The summed E-state index contributed by atoms with van der Waals surface area (Å²) in [6, 6.07) is 14.8. The van der Waals surface area contributed by atoms with Crippen LogP contribution in [0, 0.1) is 0 Å². The number of rotatable bonds is 3. The number of carbonyl (C=O) groups is 1.